The maximum Gasteiger partial charge on any atom is 0.171 e. The molecule has 0 unspecified atom stereocenters. The Kier molecular flexibility index (Phi) is 5.76. The van der Waals surface area contributed by atoms with E-state index in [-0.39, 0.29) is 41.4 Å². The molecule has 0 heterocycles. The van der Waals surface area contributed by atoms with Crippen LogP contribution in [0.1, 0.15) is 79.2 Å². The molecule has 0 saturated carbocycles. The summed E-state index contributed by atoms with van der Waals surface area (Å²) in [6.45, 7) is 4.26. The summed E-state index contributed by atoms with van der Waals surface area (Å²) in [5.41, 5.74) is 3.61. The lowest BCUT2D eigenvalue weighted by Crippen LogP contribution is -2.18. The lowest BCUT2D eigenvalue weighted by molar-refractivity contribution is 0.0906. The normalized spacial score (nSPS) is 14.4. The molecule has 0 atom stereocenters. The molecule has 0 fully saturated rings. The van der Waals surface area contributed by atoms with Crippen LogP contribution in [-0.2, 0) is 5.41 Å². The summed E-state index contributed by atoms with van der Waals surface area (Å²) < 4.78 is 11.9. The molecule has 0 spiro atoms. The summed E-state index contributed by atoms with van der Waals surface area (Å²) in [6, 6.07) is 25.5. The van der Waals surface area contributed by atoms with Gasteiger partial charge >= 0.3 is 0 Å². The minimum atomic E-state index is -0.308. The third-order valence-corrected chi connectivity index (χ3v) is 7.45. The minimum Gasteiger partial charge on any atom is -0.457 e. The molecule has 0 radical (unpaired) electrons. The average molecular weight is 517 g/mol. The van der Waals surface area contributed by atoms with Crippen LogP contribution < -0.4 is 9.47 Å². The van der Waals surface area contributed by atoms with Gasteiger partial charge in [0.1, 0.15) is 23.0 Å². The molecule has 2 aliphatic rings. The van der Waals surface area contributed by atoms with E-state index in [4.69, 9.17) is 9.47 Å². The molecular weight excluding hydrogens is 492 g/mol. The third kappa shape index (κ3) is 4.44. The van der Waals surface area contributed by atoms with E-state index in [1.54, 1.807) is 36.4 Å². The molecular formula is C33H24O6. The number of carbonyl (C=O) groups is 4. The molecule has 6 nitrogen and oxygen atoms in total. The number of hydrogen-bond acceptors (Lipinski definition) is 6. The largest absolute Gasteiger partial charge is 0.457 e. The van der Waals surface area contributed by atoms with Crippen molar-refractivity contribution in [2.24, 2.45) is 0 Å². The summed E-state index contributed by atoms with van der Waals surface area (Å²) in [5, 5.41) is 0. The molecule has 4 aromatic rings. The van der Waals surface area contributed by atoms with Gasteiger partial charge in [-0.15, -0.1) is 0 Å². The Bertz CT molecular complexity index is 1550. The molecule has 2 aliphatic carbocycles. The summed E-state index contributed by atoms with van der Waals surface area (Å²) >= 11 is 0. The number of ether oxygens (including phenoxy) is 2. The zero-order valence-electron chi connectivity index (χ0n) is 21.4. The standard InChI is InChI=1S/C33H24O6/c1-33(2,19-3-7-21(8-4-19)38-23-11-13-25-27(15-23)31(36)17-29(25)34)20-5-9-22(10-6-20)39-24-12-14-26-28(16-24)32(37)18-30(26)35/h3-16H,17-18H2,1-2H3. The van der Waals surface area contributed by atoms with Crippen molar-refractivity contribution < 1.29 is 28.7 Å². The van der Waals surface area contributed by atoms with E-state index in [0.717, 1.165) is 11.1 Å². The molecule has 6 heteroatoms. The summed E-state index contributed by atoms with van der Waals surface area (Å²) in [4.78, 5) is 47.8. The fourth-order valence-electron chi connectivity index (χ4n) is 5.11. The third-order valence-electron chi connectivity index (χ3n) is 7.45. The van der Waals surface area contributed by atoms with Gasteiger partial charge < -0.3 is 9.47 Å². The second-order valence-corrected chi connectivity index (χ2v) is 10.3. The number of Topliss-reactive ketones (excluding diaryl/α,β-unsaturated/α-hetero) is 4. The van der Waals surface area contributed by atoms with Crippen molar-refractivity contribution in [1.29, 1.82) is 0 Å². The molecule has 0 aliphatic heterocycles. The van der Waals surface area contributed by atoms with Crippen LogP contribution in [0.25, 0.3) is 0 Å². The van der Waals surface area contributed by atoms with E-state index in [0.29, 0.717) is 45.3 Å². The van der Waals surface area contributed by atoms with Crippen molar-refractivity contribution in [3.63, 3.8) is 0 Å². The number of fused-ring (bicyclic) bond motifs is 2. The van der Waals surface area contributed by atoms with E-state index >= 15 is 0 Å². The molecule has 4 aromatic carbocycles. The fraction of sp³-hybridized carbons (Fsp3) is 0.152. The molecule has 0 amide bonds. The highest BCUT2D eigenvalue weighted by Crippen LogP contribution is 2.36. The number of benzene rings is 4. The fourth-order valence-corrected chi connectivity index (χ4v) is 5.11. The van der Waals surface area contributed by atoms with Crippen molar-refractivity contribution >= 4 is 23.1 Å². The van der Waals surface area contributed by atoms with Gasteiger partial charge in [-0.3, -0.25) is 19.2 Å². The van der Waals surface area contributed by atoms with Gasteiger partial charge in [-0.25, -0.2) is 0 Å². The van der Waals surface area contributed by atoms with Crippen LogP contribution in [0.3, 0.4) is 0 Å². The minimum absolute atomic E-state index is 0.0765. The topological polar surface area (TPSA) is 86.7 Å². The summed E-state index contributed by atoms with van der Waals surface area (Å²) in [7, 11) is 0. The van der Waals surface area contributed by atoms with Gasteiger partial charge in [0.25, 0.3) is 0 Å². The van der Waals surface area contributed by atoms with Crippen LogP contribution in [0.2, 0.25) is 0 Å². The lowest BCUT2D eigenvalue weighted by Gasteiger charge is -2.26. The number of ketones is 4. The molecule has 39 heavy (non-hydrogen) atoms. The lowest BCUT2D eigenvalue weighted by atomic mass is 9.78. The van der Waals surface area contributed by atoms with Crippen LogP contribution in [0.5, 0.6) is 23.0 Å². The van der Waals surface area contributed by atoms with Gasteiger partial charge in [-0.05, 0) is 71.8 Å². The summed E-state index contributed by atoms with van der Waals surface area (Å²) in [5.74, 6) is 1.64. The monoisotopic (exact) mass is 516 g/mol. The van der Waals surface area contributed by atoms with Crippen LogP contribution in [0.4, 0.5) is 0 Å². The number of rotatable bonds is 6. The van der Waals surface area contributed by atoms with Gasteiger partial charge in [0.05, 0.1) is 12.8 Å². The predicted octanol–water partition coefficient (Wildman–Crippen LogP) is 7.14. The quantitative estimate of drug-likeness (QED) is 0.253. The van der Waals surface area contributed by atoms with Crippen LogP contribution in [0, 0.1) is 0 Å². The van der Waals surface area contributed by atoms with Crippen molar-refractivity contribution in [2.75, 3.05) is 0 Å². The Hall–Kier alpha value is -4.84. The predicted molar refractivity (Wildman–Crippen MR) is 145 cm³/mol. The Morgan fingerprint density at radius 2 is 0.795 bits per heavy atom. The van der Waals surface area contributed by atoms with E-state index in [1.807, 2.05) is 48.5 Å². The van der Waals surface area contributed by atoms with Crippen molar-refractivity contribution in [3.8, 4) is 23.0 Å². The average Bonchev–Trinajstić information content (AvgIpc) is 3.37. The van der Waals surface area contributed by atoms with Gasteiger partial charge in [-0.1, -0.05) is 38.1 Å². The maximum atomic E-state index is 12.0. The second-order valence-electron chi connectivity index (χ2n) is 10.3. The zero-order valence-corrected chi connectivity index (χ0v) is 21.4. The Labute approximate surface area is 225 Å². The van der Waals surface area contributed by atoms with Gasteiger partial charge in [0.15, 0.2) is 23.1 Å². The Morgan fingerprint density at radius 1 is 0.462 bits per heavy atom. The molecule has 0 saturated heterocycles. The number of carbonyl (C=O) groups excluding carboxylic acids is 4. The molecule has 192 valence electrons. The van der Waals surface area contributed by atoms with Crippen molar-refractivity contribution in [1.82, 2.24) is 0 Å². The van der Waals surface area contributed by atoms with Crippen molar-refractivity contribution in [3.05, 3.63) is 118 Å². The SMILES string of the molecule is CC(C)(c1ccc(Oc2ccc3c(c2)C(=O)CC3=O)cc1)c1ccc(Oc2ccc3c(c2)C(=O)CC3=O)cc1. The second kappa shape index (κ2) is 9.17. The first-order valence-electron chi connectivity index (χ1n) is 12.7. The molecule has 6 rings (SSSR count). The van der Waals surface area contributed by atoms with E-state index in [1.165, 1.54) is 0 Å². The molecule has 0 N–H and O–H groups in total. The van der Waals surface area contributed by atoms with Crippen molar-refractivity contribution in [2.45, 2.75) is 32.1 Å². The Balaban J connectivity index is 1.15. The maximum absolute atomic E-state index is 12.0. The molecule has 0 bridgehead atoms. The Morgan fingerprint density at radius 3 is 1.18 bits per heavy atom. The highest BCUT2D eigenvalue weighted by atomic mass is 16.5. The van der Waals surface area contributed by atoms with Crippen LogP contribution >= 0.6 is 0 Å². The van der Waals surface area contributed by atoms with E-state index < -0.39 is 0 Å². The van der Waals surface area contributed by atoms with Crippen LogP contribution in [-0.4, -0.2) is 23.1 Å². The van der Waals surface area contributed by atoms with Crippen LogP contribution in [0.15, 0.2) is 84.9 Å². The number of hydrogen-bond donors (Lipinski definition) is 0. The highest BCUT2D eigenvalue weighted by molar-refractivity contribution is 6.25. The first-order valence-corrected chi connectivity index (χ1v) is 12.7. The van der Waals surface area contributed by atoms with Gasteiger partial charge in [-0.2, -0.15) is 0 Å². The first-order chi connectivity index (χ1) is 18.7. The van der Waals surface area contributed by atoms with E-state index in [9.17, 15) is 19.2 Å². The van der Waals surface area contributed by atoms with Gasteiger partial charge in [0, 0.05) is 27.7 Å². The highest BCUT2D eigenvalue weighted by Gasteiger charge is 2.29. The smallest absolute Gasteiger partial charge is 0.171 e. The first kappa shape index (κ1) is 24.5. The summed E-state index contributed by atoms with van der Waals surface area (Å²) in [6.07, 6.45) is -0.153. The zero-order chi connectivity index (χ0) is 27.3. The van der Waals surface area contributed by atoms with Gasteiger partial charge in [0.2, 0.25) is 0 Å². The molecule has 0 aromatic heterocycles. The van der Waals surface area contributed by atoms with E-state index in [2.05, 4.69) is 13.8 Å².